The SMILES string of the molecule is Cn1c(=O)nc(Nc2cccc(-c3ccc(C4CC4)cc3)c2)c2nc(C#N)ccc21. The fourth-order valence-corrected chi connectivity index (χ4v) is 3.65. The van der Waals surface area contributed by atoms with Crippen molar-refractivity contribution < 1.29 is 0 Å². The molecular weight excluding hydrogens is 374 g/mol. The monoisotopic (exact) mass is 393 g/mol. The summed E-state index contributed by atoms with van der Waals surface area (Å²) in [4.78, 5) is 20.8. The second kappa shape index (κ2) is 7.12. The zero-order valence-electron chi connectivity index (χ0n) is 16.5. The lowest BCUT2D eigenvalue weighted by Crippen LogP contribution is -2.22. The summed E-state index contributed by atoms with van der Waals surface area (Å²) in [7, 11) is 1.64. The van der Waals surface area contributed by atoms with Crippen molar-refractivity contribution in [1.82, 2.24) is 14.5 Å². The second-order valence-electron chi connectivity index (χ2n) is 7.58. The van der Waals surface area contributed by atoms with Crippen molar-refractivity contribution in [1.29, 1.82) is 5.26 Å². The number of rotatable bonds is 4. The van der Waals surface area contributed by atoms with E-state index in [1.54, 1.807) is 19.2 Å². The molecule has 146 valence electrons. The zero-order valence-corrected chi connectivity index (χ0v) is 16.5. The molecule has 0 aliphatic heterocycles. The van der Waals surface area contributed by atoms with E-state index in [9.17, 15) is 10.1 Å². The van der Waals surface area contributed by atoms with Crippen LogP contribution in [0.5, 0.6) is 0 Å². The summed E-state index contributed by atoms with van der Waals surface area (Å²) < 4.78 is 1.42. The van der Waals surface area contributed by atoms with E-state index in [1.807, 2.05) is 24.3 Å². The number of hydrogen-bond acceptors (Lipinski definition) is 5. The Morgan fingerprint density at radius 2 is 1.83 bits per heavy atom. The third-order valence-electron chi connectivity index (χ3n) is 5.49. The molecule has 1 aliphatic rings. The van der Waals surface area contributed by atoms with Gasteiger partial charge in [-0.2, -0.15) is 10.2 Å². The molecule has 5 rings (SSSR count). The molecule has 2 aromatic carbocycles. The van der Waals surface area contributed by atoms with Crippen molar-refractivity contribution in [2.75, 3.05) is 5.32 Å². The molecule has 30 heavy (non-hydrogen) atoms. The van der Waals surface area contributed by atoms with Crippen LogP contribution in [0.4, 0.5) is 11.5 Å². The molecule has 6 heteroatoms. The lowest BCUT2D eigenvalue weighted by Gasteiger charge is -2.12. The highest BCUT2D eigenvalue weighted by Gasteiger charge is 2.23. The molecule has 4 aromatic rings. The normalized spacial score (nSPS) is 13.2. The van der Waals surface area contributed by atoms with E-state index in [-0.39, 0.29) is 11.4 Å². The minimum absolute atomic E-state index is 0.274. The molecule has 1 saturated carbocycles. The van der Waals surface area contributed by atoms with Crippen LogP contribution < -0.4 is 11.0 Å². The van der Waals surface area contributed by atoms with Crippen molar-refractivity contribution in [2.24, 2.45) is 7.05 Å². The van der Waals surface area contributed by atoms with Gasteiger partial charge in [-0.05, 0) is 59.7 Å². The van der Waals surface area contributed by atoms with Crippen LogP contribution in [-0.2, 0) is 7.05 Å². The lowest BCUT2D eigenvalue weighted by molar-refractivity contribution is 0.851. The Morgan fingerprint density at radius 1 is 1.03 bits per heavy atom. The number of aromatic nitrogens is 3. The van der Waals surface area contributed by atoms with Gasteiger partial charge in [0.1, 0.15) is 17.3 Å². The van der Waals surface area contributed by atoms with Crippen molar-refractivity contribution in [2.45, 2.75) is 18.8 Å². The van der Waals surface area contributed by atoms with Gasteiger partial charge in [0.25, 0.3) is 0 Å². The Balaban J connectivity index is 1.52. The number of anilines is 2. The Labute approximate surface area is 173 Å². The average Bonchev–Trinajstić information content (AvgIpc) is 3.63. The average molecular weight is 393 g/mol. The third-order valence-corrected chi connectivity index (χ3v) is 5.49. The fraction of sp³-hybridized carbons (Fsp3) is 0.167. The fourth-order valence-electron chi connectivity index (χ4n) is 3.65. The smallest absolute Gasteiger partial charge is 0.338 e. The van der Waals surface area contributed by atoms with Gasteiger partial charge in [-0.25, -0.2) is 9.78 Å². The van der Waals surface area contributed by atoms with E-state index >= 15 is 0 Å². The van der Waals surface area contributed by atoms with E-state index in [0.717, 1.165) is 22.7 Å². The zero-order chi connectivity index (χ0) is 20.7. The highest BCUT2D eigenvalue weighted by Crippen LogP contribution is 2.40. The molecule has 0 atom stereocenters. The summed E-state index contributed by atoms with van der Waals surface area (Å²) in [6.45, 7) is 0. The van der Waals surface area contributed by atoms with Crippen LogP contribution in [0.3, 0.4) is 0 Å². The van der Waals surface area contributed by atoms with Crippen LogP contribution >= 0.6 is 0 Å². The molecule has 0 saturated heterocycles. The number of nitrogens with zero attached hydrogens (tertiary/aromatic N) is 4. The summed E-state index contributed by atoms with van der Waals surface area (Å²) in [6.07, 6.45) is 2.58. The first-order chi connectivity index (χ1) is 14.6. The highest BCUT2D eigenvalue weighted by atomic mass is 16.1. The van der Waals surface area contributed by atoms with Gasteiger partial charge in [0.05, 0.1) is 5.52 Å². The summed E-state index contributed by atoms with van der Waals surface area (Å²) in [5.74, 6) is 1.07. The molecule has 0 spiro atoms. The summed E-state index contributed by atoms with van der Waals surface area (Å²) >= 11 is 0. The number of benzene rings is 2. The topological polar surface area (TPSA) is 83.6 Å². The Kier molecular flexibility index (Phi) is 4.29. The maximum absolute atomic E-state index is 12.3. The first-order valence-corrected chi connectivity index (χ1v) is 9.88. The largest absolute Gasteiger partial charge is 0.349 e. The predicted octanol–water partition coefficient (Wildman–Crippen LogP) is 4.49. The summed E-state index contributed by atoms with van der Waals surface area (Å²) in [6, 6.07) is 22.0. The summed E-state index contributed by atoms with van der Waals surface area (Å²) in [5, 5.41) is 12.4. The molecule has 0 unspecified atom stereocenters. The van der Waals surface area contributed by atoms with Crippen LogP contribution in [0.25, 0.3) is 22.2 Å². The second-order valence-corrected chi connectivity index (χ2v) is 7.58. The molecule has 2 heterocycles. The van der Waals surface area contributed by atoms with Crippen LogP contribution in [0.15, 0.2) is 65.5 Å². The molecule has 1 N–H and O–H groups in total. The van der Waals surface area contributed by atoms with Crippen LogP contribution in [0, 0.1) is 11.3 Å². The van der Waals surface area contributed by atoms with Gasteiger partial charge in [-0.3, -0.25) is 4.57 Å². The number of hydrogen-bond donors (Lipinski definition) is 1. The highest BCUT2D eigenvalue weighted by molar-refractivity contribution is 5.88. The van der Waals surface area contributed by atoms with Crippen molar-refractivity contribution >= 4 is 22.5 Å². The first-order valence-electron chi connectivity index (χ1n) is 9.88. The van der Waals surface area contributed by atoms with E-state index in [1.165, 1.54) is 23.0 Å². The van der Waals surface area contributed by atoms with Gasteiger partial charge < -0.3 is 5.32 Å². The Bertz CT molecular complexity index is 1360. The Morgan fingerprint density at radius 3 is 2.57 bits per heavy atom. The van der Waals surface area contributed by atoms with E-state index < -0.39 is 0 Å². The van der Waals surface area contributed by atoms with Gasteiger partial charge in [-0.1, -0.05) is 36.4 Å². The van der Waals surface area contributed by atoms with Gasteiger partial charge >= 0.3 is 5.69 Å². The van der Waals surface area contributed by atoms with Crippen LogP contribution in [-0.4, -0.2) is 14.5 Å². The van der Waals surface area contributed by atoms with Gasteiger partial charge in [-0.15, -0.1) is 0 Å². The van der Waals surface area contributed by atoms with Gasteiger partial charge in [0.2, 0.25) is 0 Å². The molecule has 1 fully saturated rings. The molecule has 0 amide bonds. The number of fused-ring (bicyclic) bond motifs is 1. The van der Waals surface area contributed by atoms with Crippen molar-refractivity contribution in [3.63, 3.8) is 0 Å². The minimum atomic E-state index is -0.386. The molecule has 2 aromatic heterocycles. The minimum Gasteiger partial charge on any atom is -0.338 e. The van der Waals surface area contributed by atoms with Crippen molar-refractivity contribution in [3.05, 3.63) is 82.4 Å². The standard InChI is InChI=1S/C24H19N5O/c1-29-21-12-11-20(14-25)26-22(21)23(28-24(29)30)27-19-4-2-3-18(13-19)17-9-7-16(8-10-17)15-5-6-15/h2-4,7-13,15H,5-6H2,1H3,(H,27,28,30). The number of pyridine rings is 1. The van der Waals surface area contributed by atoms with Gasteiger partial charge in [0, 0.05) is 12.7 Å². The number of nitrogens with one attached hydrogen (secondary N) is 1. The third kappa shape index (κ3) is 3.31. The molecular formula is C24H19N5O. The Hall–Kier alpha value is -3.98. The molecule has 1 aliphatic carbocycles. The maximum Gasteiger partial charge on any atom is 0.349 e. The molecule has 0 bridgehead atoms. The quantitative estimate of drug-likeness (QED) is 0.552. The number of aryl methyl sites for hydroxylation is 1. The van der Waals surface area contributed by atoms with Crippen LogP contribution in [0.1, 0.15) is 30.0 Å². The summed E-state index contributed by atoms with van der Waals surface area (Å²) in [5.41, 5.74) is 5.39. The van der Waals surface area contributed by atoms with E-state index in [2.05, 4.69) is 45.6 Å². The van der Waals surface area contributed by atoms with Gasteiger partial charge in [0.15, 0.2) is 5.82 Å². The predicted molar refractivity (Wildman–Crippen MR) is 117 cm³/mol. The number of nitriles is 1. The maximum atomic E-state index is 12.3. The van der Waals surface area contributed by atoms with Crippen molar-refractivity contribution in [3.8, 4) is 17.2 Å². The van der Waals surface area contributed by atoms with E-state index in [4.69, 9.17) is 0 Å². The molecule has 0 radical (unpaired) electrons. The van der Waals surface area contributed by atoms with Crippen LogP contribution in [0.2, 0.25) is 0 Å². The van der Waals surface area contributed by atoms with E-state index in [0.29, 0.717) is 16.9 Å². The first kappa shape index (κ1) is 18.1. The lowest BCUT2D eigenvalue weighted by atomic mass is 10.0. The molecule has 6 nitrogen and oxygen atoms in total.